The number of nitrogens with one attached hydrogen (secondary N) is 1. The van der Waals surface area contributed by atoms with Gasteiger partial charge in [-0.25, -0.2) is 18.4 Å². The van der Waals surface area contributed by atoms with Crippen LogP contribution in [0.5, 0.6) is 5.75 Å². The second-order valence-electron chi connectivity index (χ2n) is 3.98. The van der Waals surface area contributed by atoms with Crippen molar-refractivity contribution in [3.05, 3.63) is 41.3 Å². The Hall–Kier alpha value is -1.86. The van der Waals surface area contributed by atoms with Crippen LogP contribution in [0.2, 0.25) is 5.15 Å². The molecule has 0 aliphatic heterocycles. The molecule has 0 fully saturated rings. The van der Waals surface area contributed by atoms with Crippen molar-refractivity contribution in [2.24, 2.45) is 0 Å². The molecule has 0 aliphatic carbocycles. The van der Waals surface area contributed by atoms with Gasteiger partial charge in [-0.2, -0.15) is 0 Å². The van der Waals surface area contributed by atoms with Crippen LogP contribution in [0.1, 0.15) is 5.56 Å². The maximum Gasteiger partial charge on any atom is 0.266 e. The van der Waals surface area contributed by atoms with E-state index in [-0.39, 0.29) is 21.6 Å². The summed E-state index contributed by atoms with van der Waals surface area (Å²) in [6.07, 6.45) is 2.50. The normalized spacial score (nSPS) is 11.2. The van der Waals surface area contributed by atoms with Crippen molar-refractivity contribution < 1.29 is 13.2 Å². The number of aromatic nitrogens is 2. The Balaban J connectivity index is 2.40. The molecule has 1 heterocycles. The molecule has 0 radical (unpaired) electrons. The average molecular weight is 314 g/mol. The van der Waals surface area contributed by atoms with Crippen LogP contribution >= 0.6 is 11.6 Å². The van der Waals surface area contributed by atoms with Gasteiger partial charge in [-0.1, -0.05) is 17.7 Å². The lowest BCUT2D eigenvalue weighted by Gasteiger charge is -2.11. The van der Waals surface area contributed by atoms with Gasteiger partial charge in [0.1, 0.15) is 15.8 Å². The highest BCUT2D eigenvalue weighted by Gasteiger charge is 2.20. The fourth-order valence-electron chi connectivity index (χ4n) is 1.55. The second kappa shape index (κ2) is 5.64. The summed E-state index contributed by atoms with van der Waals surface area (Å²) >= 11 is 5.60. The van der Waals surface area contributed by atoms with Crippen molar-refractivity contribution in [2.75, 3.05) is 11.8 Å². The Labute approximate surface area is 121 Å². The summed E-state index contributed by atoms with van der Waals surface area (Å²) in [6.45, 7) is 1.79. The van der Waals surface area contributed by atoms with E-state index < -0.39 is 10.0 Å². The highest BCUT2D eigenvalue weighted by Crippen LogP contribution is 2.26. The third kappa shape index (κ3) is 3.17. The summed E-state index contributed by atoms with van der Waals surface area (Å²) in [4.78, 5) is 7.64. The first kappa shape index (κ1) is 14.5. The quantitative estimate of drug-likeness (QED) is 0.936. The molecule has 0 saturated carbocycles. The Morgan fingerprint density at radius 3 is 2.60 bits per heavy atom. The topological polar surface area (TPSA) is 81.2 Å². The molecule has 106 valence electrons. The maximum atomic E-state index is 12.3. The summed E-state index contributed by atoms with van der Waals surface area (Å²) in [5.41, 5.74) is 0.799. The molecule has 1 aromatic carbocycles. The number of methoxy groups -OCH3 is 1. The van der Waals surface area contributed by atoms with E-state index in [1.54, 1.807) is 19.1 Å². The zero-order chi connectivity index (χ0) is 14.8. The molecule has 0 amide bonds. The van der Waals surface area contributed by atoms with Crippen LogP contribution in [0, 0.1) is 6.92 Å². The van der Waals surface area contributed by atoms with Crippen LogP contribution in [-0.2, 0) is 10.0 Å². The molecule has 6 nitrogen and oxygen atoms in total. The lowest BCUT2D eigenvalue weighted by molar-refractivity contribution is 0.402. The molecule has 0 bridgehead atoms. The van der Waals surface area contributed by atoms with E-state index in [1.165, 1.54) is 25.6 Å². The first-order valence-electron chi connectivity index (χ1n) is 5.57. The molecule has 0 aliphatic rings. The summed E-state index contributed by atoms with van der Waals surface area (Å²) in [5, 5.41) is 0.182. The highest BCUT2D eigenvalue weighted by atomic mass is 35.5. The number of halogens is 1. The van der Waals surface area contributed by atoms with E-state index in [1.807, 2.05) is 0 Å². The maximum absolute atomic E-state index is 12.3. The lowest BCUT2D eigenvalue weighted by atomic mass is 10.2. The minimum Gasteiger partial charge on any atom is -0.495 e. The first-order chi connectivity index (χ1) is 9.42. The van der Waals surface area contributed by atoms with Gasteiger partial charge in [0.15, 0.2) is 5.82 Å². The third-order valence-electron chi connectivity index (χ3n) is 2.47. The Bertz CT molecular complexity index is 717. The molecular formula is C12H12ClN3O3S. The zero-order valence-electron chi connectivity index (χ0n) is 10.8. The van der Waals surface area contributed by atoms with Crippen LogP contribution in [0.4, 0.5) is 5.82 Å². The van der Waals surface area contributed by atoms with Crippen LogP contribution in [0.3, 0.4) is 0 Å². The van der Waals surface area contributed by atoms with Crippen LogP contribution in [0.25, 0.3) is 0 Å². The predicted molar refractivity (Wildman–Crippen MR) is 75.6 cm³/mol. The number of hydrogen-bond acceptors (Lipinski definition) is 5. The number of nitrogens with zero attached hydrogens (tertiary/aromatic N) is 2. The van der Waals surface area contributed by atoms with Crippen molar-refractivity contribution in [1.29, 1.82) is 0 Å². The number of rotatable bonds is 4. The molecule has 1 aromatic heterocycles. The minimum absolute atomic E-state index is 0.0387. The number of hydrogen-bond donors (Lipinski definition) is 1. The van der Waals surface area contributed by atoms with Gasteiger partial charge in [0.2, 0.25) is 0 Å². The molecule has 0 unspecified atom stereocenters. The van der Waals surface area contributed by atoms with Crippen LogP contribution in [0.15, 0.2) is 35.5 Å². The minimum atomic E-state index is -3.81. The molecule has 20 heavy (non-hydrogen) atoms. The third-order valence-corrected chi connectivity index (χ3v) is 4.04. The van der Waals surface area contributed by atoms with Gasteiger partial charge in [0, 0.05) is 0 Å². The largest absolute Gasteiger partial charge is 0.495 e. The van der Waals surface area contributed by atoms with Gasteiger partial charge in [-0.3, -0.25) is 4.72 Å². The summed E-state index contributed by atoms with van der Waals surface area (Å²) < 4.78 is 32.0. The molecule has 8 heteroatoms. The highest BCUT2D eigenvalue weighted by molar-refractivity contribution is 7.92. The van der Waals surface area contributed by atoms with Gasteiger partial charge in [0.05, 0.1) is 19.5 Å². The Morgan fingerprint density at radius 1 is 1.25 bits per heavy atom. The van der Waals surface area contributed by atoms with E-state index in [2.05, 4.69) is 14.7 Å². The summed E-state index contributed by atoms with van der Waals surface area (Å²) in [5.74, 6) is 0.336. The standard InChI is InChI=1S/C12H12ClN3O3S/c1-8-3-4-9(19-2)10(5-8)20(17,18)16-12-7-14-11(13)6-15-12/h3-7H,1-2H3,(H,15,16). The van der Waals surface area contributed by atoms with Gasteiger partial charge in [-0.15, -0.1) is 0 Å². The van der Waals surface area contributed by atoms with Crippen molar-refractivity contribution in [3.8, 4) is 5.75 Å². The number of sulfonamides is 1. The molecule has 2 rings (SSSR count). The summed E-state index contributed by atoms with van der Waals surface area (Å²) in [6, 6.07) is 4.88. The Kier molecular flexibility index (Phi) is 4.10. The second-order valence-corrected chi connectivity index (χ2v) is 6.02. The predicted octanol–water partition coefficient (Wildman–Crippen LogP) is 2.25. The van der Waals surface area contributed by atoms with Gasteiger partial charge < -0.3 is 4.74 Å². The van der Waals surface area contributed by atoms with Crippen molar-refractivity contribution in [1.82, 2.24) is 9.97 Å². The van der Waals surface area contributed by atoms with Gasteiger partial charge >= 0.3 is 0 Å². The first-order valence-corrected chi connectivity index (χ1v) is 7.43. The van der Waals surface area contributed by atoms with E-state index >= 15 is 0 Å². The fraction of sp³-hybridized carbons (Fsp3) is 0.167. The van der Waals surface area contributed by atoms with Gasteiger partial charge in [0.25, 0.3) is 10.0 Å². The number of benzene rings is 1. The lowest BCUT2D eigenvalue weighted by Crippen LogP contribution is -2.15. The van der Waals surface area contributed by atoms with E-state index in [0.717, 1.165) is 5.56 Å². The fourth-order valence-corrected chi connectivity index (χ4v) is 2.90. The average Bonchev–Trinajstić information content (AvgIpc) is 2.41. The van der Waals surface area contributed by atoms with Crippen molar-refractivity contribution in [2.45, 2.75) is 11.8 Å². The molecule has 0 spiro atoms. The van der Waals surface area contributed by atoms with Gasteiger partial charge in [-0.05, 0) is 24.6 Å². The summed E-state index contributed by atoms with van der Waals surface area (Å²) in [7, 11) is -2.40. The van der Waals surface area contributed by atoms with Crippen molar-refractivity contribution in [3.63, 3.8) is 0 Å². The van der Waals surface area contributed by atoms with Crippen LogP contribution < -0.4 is 9.46 Å². The molecule has 0 saturated heterocycles. The SMILES string of the molecule is COc1ccc(C)cc1S(=O)(=O)Nc1cnc(Cl)cn1. The van der Waals surface area contributed by atoms with E-state index in [9.17, 15) is 8.42 Å². The molecule has 1 N–H and O–H groups in total. The van der Waals surface area contributed by atoms with Crippen molar-refractivity contribution >= 4 is 27.4 Å². The number of aryl methyl sites for hydroxylation is 1. The number of anilines is 1. The molecular weight excluding hydrogens is 302 g/mol. The zero-order valence-corrected chi connectivity index (χ0v) is 12.4. The van der Waals surface area contributed by atoms with Crippen LogP contribution in [-0.4, -0.2) is 25.5 Å². The molecule has 2 aromatic rings. The molecule has 0 atom stereocenters. The monoisotopic (exact) mass is 313 g/mol. The number of ether oxygens (including phenoxy) is 1. The smallest absolute Gasteiger partial charge is 0.266 e. The van der Waals surface area contributed by atoms with E-state index in [4.69, 9.17) is 16.3 Å². The Morgan fingerprint density at radius 2 is 2.00 bits per heavy atom. The van der Waals surface area contributed by atoms with E-state index in [0.29, 0.717) is 0 Å².